The number of benzene rings is 3. The molecule has 0 saturated carbocycles. The molecule has 2 unspecified atom stereocenters. The first-order valence-corrected chi connectivity index (χ1v) is 13.1. The molecule has 2 amide bonds. The van der Waals surface area contributed by atoms with E-state index in [-0.39, 0.29) is 11.3 Å². The number of hydrogen-bond donors (Lipinski definition) is 1. The number of anilines is 1. The van der Waals surface area contributed by atoms with Crippen molar-refractivity contribution >= 4 is 49.9 Å². The predicted molar refractivity (Wildman–Crippen MR) is 136 cm³/mol. The van der Waals surface area contributed by atoms with Gasteiger partial charge in [-0.2, -0.15) is 0 Å². The first-order valence-electron chi connectivity index (χ1n) is 11.1. The lowest BCUT2D eigenvalue weighted by molar-refractivity contribution is -0.140. The fourth-order valence-corrected chi connectivity index (χ4v) is 5.41. The quantitative estimate of drug-likeness (QED) is 0.326. The third kappa shape index (κ3) is 5.82. The molecular formula is C26H28ClFN2O4S. The number of nitrogens with zero attached hydrogens (tertiary/aromatic N) is 1. The van der Waals surface area contributed by atoms with E-state index in [1.54, 1.807) is 39.0 Å². The molecule has 3 aromatic carbocycles. The minimum absolute atomic E-state index is 0.0995. The molecule has 0 fully saturated rings. The van der Waals surface area contributed by atoms with E-state index < -0.39 is 44.5 Å². The lowest BCUT2D eigenvalue weighted by atomic mass is 9.82. The van der Waals surface area contributed by atoms with Crippen molar-refractivity contribution in [2.45, 2.75) is 50.4 Å². The number of fused-ring (bicyclic) bond motifs is 1. The Labute approximate surface area is 210 Å². The lowest BCUT2D eigenvalue weighted by Gasteiger charge is -2.36. The highest BCUT2D eigenvalue weighted by Gasteiger charge is 2.47. The summed E-state index contributed by atoms with van der Waals surface area (Å²) in [5.41, 5.74) is -1.44. The van der Waals surface area contributed by atoms with Crippen LogP contribution in [0.4, 0.5) is 10.1 Å². The summed E-state index contributed by atoms with van der Waals surface area (Å²) in [6.45, 7) is 6.49. The van der Waals surface area contributed by atoms with Gasteiger partial charge < -0.3 is 4.90 Å². The van der Waals surface area contributed by atoms with Gasteiger partial charge >= 0.3 is 0 Å². The average Bonchev–Trinajstić information content (AvgIpc) is 2.79. The van der Waals surface area contributed by atoms with Gasteiger partial charge in [0, 0.05) is 17.1 Å². The van der Waals surface area contributed by atoms with Crippen molar-refractivity contribution in [1.82, 2.24) is 4.72 Å². The summed E-state index contributed by atoms with van der Waals surface area (Å²) in [6, 6.07) is 16.6. The fraction of sp³-hybridized carbons (Fsp3) is 0.308. The Morgan fingerprint density at radius 2 is 1.60 bits per heavy atom. The second-order valence-corrected chi connectivity index (χ2v) is 11.4. The Morgan fingerprint density at radius 3 is 2.17 bits per heavy atom. The standard InChI is InChI=1S/C26H28ClFN2O4S/c1-17(2)30(22-12-10-21(28)11-13-22)25(32)26(4,16-18(3)27)24(31)29-35(33,34)23-14-9-19-7-5-6-8-20(19)15-23/h5-15,17-18H,16H2,1-4H3,(H,29,31). The minimum atomic E-state index is -4.28. The van der Waals surface area contributed by atoms with Crippen molar-refractivity contribution in [1.29, 1.82) is 0 Å². The maximum absolute atomic E-state index is 13.8. The SMILES string of the molecule is CC(Cl)CC(C)(C(=O)NS(=O)(=O)c1ccc2ccccc2c1)C(=O)N(c1ccc(F)cc1)C(C)C. The molecule has 0 bridgehead atoms. The molecule has 0 saturated heterocycles. The van der Waals surface area contributed by atoms with Gasteiger partial charge in [-0.3, -0.25) is 9.59 Å². The number of nitrogens with one attached hydrogen (secondary N) is 1. The van der Waals surface area contributed by atoms with E-state index in [1.807, 2.05) is 12.1 Å². The van der Waals surface area contributed by atoms with Gasteiger partial charge in [0.15, 0.2) is 0 Å². The van der Waals surface area contributed by atoms with E-state index >= 15 is 0 Å². The van der Waals surface area contributed by atoms with Gasteiger partial charge in [-0.05, 0) is 81.3 Å². The van der Waals surface area contributed by atoms with Crippen LogP contribution >= 0.6 is 11.6 Å². The normalized spacial score (nSPS) is 14.4. The van der Waals surface area contributed by atoms with E-state index in [0.29, 0.717) is 11.1 Å². The summed E-state index contributed by atoms with van der Waals surface area (Å²) in [6.07, 6.45) is -0.114. The van der Waals surface area contributed by atoms with E-state index in [2.05, 4.69) is 4.72 Å². The molecule has 0 aliphatic heterocycles. The number of carbonyl (C=O) groups is 2. The van der Waals surface area contributed by atoms with Crippen LogP contribution in [0, 0.1) is 11.2 Å². The molecule has 1 N–H and O–H groups in total. The Hall–Kier alpha value is -2.97. The first kappa shape index (κ1) is 26.6. The smallest absolute Gasteiger partial charge is 0.264 e. The van der Waals surface area contributed by atoms with Crippen molar-refractivity contribution in [3.63, 3.8) is 0 Å². The second-order valence-electron chi connectivity index (χ2n) is 9.01. The zero-order valence-electron chi connectivity index (χ0n) is 20.0. The highest BCUT2D eigenvalue weighted by Crippen LogP contribution is 2.33. The number of amides is 2. The number of rotatable bonds is 8. The molecule has 0 heterocycles. The van der Waals surface area contributed by atoms with Gasteiger partial charge in [-0.15, -0.1) is 11.6 Å². The zero-order valence-corrected chi connectivity index (χ0v) is 21.5. The molecule has 3 rings (SSSR count). The van der Waals surface area contributed by atoms with E-state index in [0.717, 1.165) is 5.39 Å². The summed E-state index contributed by atoms with van der Waals surface area (Å²) in [4.78, 5) is 28.5. The molecule has 0 aromatic heterocycles. The molecular weight excluding hydrogens is 491 g/mol. The van der Waals surface area contributed by atoms with Crippen LogP contribution in [0.3, 0.4) is 0 Å². The van der Waals surface area contributed by atoms with Gasteiger partial charge in [-0.25, -0.2) is 17.5 Å². The monoisotopic (exact) mass is 518 g/mol. The van der Waals surface area contributed by atoms with E-state index in [9.17, 15) is 22.4 Å². The van der Waals surface area contributed by atoms with Crippen molar-refractivity contribution in [2.24, 2.45) is 5.41 Å². The number of carbonyl (C=O) groups excluding carboxylic acids is 2. The Bertz CT molecular complexity index is 1340. The van der Waals surface area contributed by atoms with Crippen molar-refractivity contribution in [3.05, 3.63) is 72.5 Å². The molecule has 186 valence electrons. The molecule has 0 radical (unpaired) electrons. The van der Waals surface area contributed by atoms with Crippen molar-refractivity contribution in [2.75, 3.05) is 4.90 Å². The molecule has 3 aromatic rings. The van der Waals surface area contributed by atoms with Crippen LogP contribution in [0.5, 0.6) is 0 Å². The molecule has 0 spiro atoms. The molecule has 9 heteroatoms. The maximum Gasteiger partial charge on any atom is 0.264 e. The van der Waals surface area contributed by atoms with Gasteiger partial charge in [0.25, 0.3) is 10.0 Å². The van der Waals surface area contributed by atoms with Crippen LogP contribution in [-0.4, -0.2) is 31.7 Å². The van der Waals surface area contributed by atoms with Gasteiger partial charge in [-0.1, -0.05) is 30.3 Å². The van der Waals surface area contributed by atoms with E-state index in [1.165, 1.54) is 48.2 Å². The Morgan fingerprint density at radius 1 is 1.00 bits per heavy atom. The van der Waals surface area contributed by atoms with Crippen molar-refractivity contribution in [3.8, 4) is 0 Å². The number of alkyl halides is 1. The summed E-state index contributed by atoms with van der Waals surface area (Å²) in [5.74, 6) is -2.10. The fourth-order valence-electron chi connectivity index (χ4n) is 3.99. The van der Waals surface area contributed by atoms with E-state index in [4.69, 9.17) is 11.6 Å². The first-order chi connectivity index (χ1) is 16.3. The summed E-state index contributed by atoms with van der Waals surface area (Å²) < 4.78 is 41.8. The average molecular weight is 519 g/mol. The molecule has 35 heavy (non-hydrogen) atoms. The highest BCUT2D eigenvalue weighted by molar-refractivity contribution is 7.90. The Balaban J connectivity index is 1.98. The maximum atomic E-state index is 13.8. The van der Waals surface area contributed by atoms with Crippen LogP contribution in [0.25, 0.3) is 10.8 Å². The van der Waals surface area contributed by atoms with Gasteiger partial charge in [0.1, 0.15) is 11.2 Å². The van der Waals surface area contributed by atoms with Crippen molar-refractivity contribution < 1.29 is 22.4 Å². The number of hydrogen-bond acceptors (Lipinski definition) is 4. The third-order valence-electron chi connectivity index (χ3n) is 5.76. The van der Waals surface area contributed by atoms with Gasteiger partial charge in [0.05, 0.1) is 4.90 Å². The molecule has 0 aliphatic rings. The molecule has 2 atom stereocenters. The minimum Gasteiger partial charge on any atom is -0.309 e. The molecule has 0 aliphatic carbocycles. The van der Waals surface area contributed by atoms with Gasteiger partial charge in [0.2, 0.25) is 11.8 Å². The summed E-state index contributed by atoms with van der Waals surface area (Å²) >= 11 is 6.21. The summed E-state index contributed by atoms with van der Waals surface area (Å²) in [5, 5.41) is 0.930. The number of halogens is 2. The Kier molecular flexibility index (Phi) is 7.87. The summed E-state index contributed by atoms with van der Waals surface area (Å²) in [7, 11) is -4.28. The number of sulfonamides is 1. The van der Waals surface area contributed by atoms with Crippen LogP contribution in [-0.2, 0) is 19.6 Å². The highest BCUT2D eigenvalue weighted by atomic mass is 35.5. The van der Waals surface area contributed by atoms with Crippen LogP contribution in [0.2, 0.25) is 0 Å². The third-order valence-corrected chi connectivity index (χ3v) is 7.24. The van der Waals surface area contributed by atoms with Crippen LogP contribution in [0.15, 0.2) is 71.6 Å². The van der Waals surface area contributed by atoms with Crippen LogP contribution < -0.4 is 9.62 Å². The largest absolute Gasteiger partial charge is 0.309 e. The molecule has 6 nitrogen and oxygen atoms in total. The predicted octanol–water partition coefficient (Wildman–Crippen LogP) is 5.25. The second kappa shape index (κ2) is 10.3. The lowest BCUT2D eigenvalue weighted by Crippen LogP contribution is -2.55. The van der Waals surface area contributed by atoms with Crippen LogP contribution in [0.1, 0.15) is 34.1 Å². The topological polar surface area (TPSA) is 83.5 Å². The zero-order chi connectivity index (χ0) is 26.0.